The number of benzene rings is 1. The van der Waals surface area contributed by atoms with Gasteiger partial charge in [0.1, 0.15) is 0 Å². The summed E-state index contributed by atoms with van der Waals surface area (Å²) in [5.74, 6) is 0.284. The molecule has 0 saturated heterocycles. The Labute approximate surface area is 102 Å². The summed E-state index contributed by atoms with van der Waals surface area (Å²) in [6, 6.07) is 2.98. The first-order chi connectivity index (χ1) is 7.58. The Morgan fingerprint density at radius 2 is 2.25 bits per heavy atom. The number of alkyl halides is 2. The number of rotatable bonds is 2. The molecule has 1 atom stereocenters. The predicted molar refractivity (Wildman–Crippen MR) is 59.9 cm³/mol. The molecule has 0 spiro atoms. The van der Waals surface area contributed by atoms with Crippen LogP contribution < -0.4 is 9.47 Å². The third kappa shape index (κ3) is 2.35. The van der Waals surface area contributed by atoms with Crippen molar-refractivity contribution >= 4 is 24.2 Å². The monoisotopic (exact) mass is 266 g/mol. The fourth-order valence-corrected chi connectivity index (χ4v) is 2.12. The molecule has 0 fully saturated rings. The van der Waals surface area contributed by atoms with E-state index in [0.717, 1.165) is 0 Å². The number of thiol groups is 1. The molecular weight excluding hydrogens is 258 g/mol. The van der Waals surface area contributed by atoms with Crippen LogP contribution in [0.1, 0.15) is 17.2 Å². The molecule has 88 valence electrons. The van der Waals surface area contributed by atoms with Crippen molar-refractivity contribution in [3.8, 4) is 11.5 Å². The smallest absolute Gasteiger partial charge is 0.387 e. The van der Waals surface area contributed by atoms with Crippen LogP contribution in [0.5, 0.6) is 11.5 Å². The molecule has 2 nitrogen and oxygen atoms in total. The van der Waals surface area contributed by atoms with Crippen molar-refractivity contribution in [2.45, 2.75) is 18.3 Å². The molecule has 0 amide bonds. The van der Waals surface area contributed by atoms with Gasteiger partial charge in [-0.2, -0.15) is 21.4 Å². The molecule has 1 aromatic rings. The average Bonchev–Trinajstić information content (AvgIpc) is 2.18. The second-order valence-electron chi connectivity index (χ2n) is 3.35. The van der Waals surface area contributed by atoms with E-state index in [0.29, 0.717) is 29.4 Å². The first-order valence-corrected chi connectivity index (χ1v) is 5.56. The zero-order valence-electron chi connectivity index (χ0n) is 8.12. The summed E-state index contributed by atoms with van der Waals surface area (Å²) in [5, 5.41) is 0.265. The fourth-order valence-electron chi connectivity index (χ4n) is 1.60. The molecule has 1 unspecified atom stereocenters. The van der Waals surface area contributed by atoms with Crippen molar-refractivity contribution in [3.05, 3.63) is 22.7 Å². The summed E-state index contributed by atoms with van der Waals surface area (Å²) in [6.45, 7) is -2.46. The van der Waals surface area contributed by atoms with Gasteiger partial charge < -0.3 is 9.47 Å². The lowest BCUT2D eigenvalue weighted by Gasteiger charge is -2.24. The van der Waals surface area contributed by atoms with Crippen molar-refractivity contribution in [2.24, 2.45) is 0 Å². The molecular formula is C10H9ClF2O2S. The maximum Gasteiger partial charge on any atom is 0.387 e. The highest BCUT2D eigenvalue weighted by molar-refractivity contribution is 7.80. The van der Waals surface area contributed by atoms with E-state index in [1.165, 1.54) is 6.07 Å². The SMILES string of the molecule is FC(F)Oc1cc(Cl)cc2c1OCCC2S. The first kappa shape index (κ1) is 11.8. The highest BCUT2D eigenvalue weighted by Gasteiger charge is 2.24. The molecule has 2 rings (SSSR count). The maximum atomic E-state index is 12.2. The van der Waals surface area contributed by atoms with Crippen molar-refractivity contribution in [1.82, 2.24) is 0 Å². The standard InChI is InChI=1S/C10H9ClF2O2S/c11-5-3-6-8(16)1-2-14-9(6)7(4-5)15-10(12)13/h3-4,8,10,16H,1-2H2. The van der Waals surface area contributed by atoms with Crippen LogP contribution in [0.2, 0.25) is 5.02 Å². The Hall–Kier alpha value is -0.680. The highest BCUT2D eigenvalue weighted by Crippen LogP contribution is 2.44. The number of fused-ring (bicyclic) bond motifs is 1. The van der Waals surface area contributed by atoms with Gasteiger partial charge in [-0.25, -0.2) is 0 Å². The topological polar surface area (TPSA) is 18.5 Å². The maximum absolute atomic E-state index is 12.2. The fraction of sp³-hybridized carbons (Fsp3) is 0.400. The van der Waals surface area contributed by atoms with Gasteiger partial charge in [0.05, 0.1) is 6.61 Å². The van der Waals surface area contributed by atoms with Crippen LogP contribution in [0, 0.1) is 0 Å². The Morgan fingerprint density at radius 3 is 2.94 bits per heavy atom. The summed E-state index contributed by atoms with van der Waals surface area (Å²) >= 11 is 10.2. The van der Waals surface area contributed by atoms with Crippen LogP contribution >= 0.6 is 24.2 Å². The first-order valence-electron chi connectivity index (χ1n) is 4.67. The van der Waals surface area contributed by atoms with Gasteiger partial charge in [0.15, 0.2) is 11.5 Å². The normalized spacial score (nSPS) is 19.2. The second kappa shape index (κ2) is 4.67. The van der Waals surface area contributed by atoms with Gasteiger partial charge in [-0.15, -0.1) is 0 Å². The molecule has 1 heterocycles. The molecule has 0 radical (unpaired) electrons. The molecule has 1 aliphatic heterocycles. The molecule has 0 aromatic heterocycles. The lowest BCUT2D eigenvalue weighted by atomic mass is 10.1. The Kier molecular flexibility index (Phi) is 3.44. The van der Waals surface area contributed by atoms with Gasteiger partial charge in [-0.1, -0.05) is 11.6 Å². The van der Waals surface area contributed by atoms with Gasteiger partial charge in [0.2, 0.25) is 0 Å². The largest absolute Gasteiger partial charge is 0.489 e. The van der Waals surface area contributed by atoms with Gasteiger partial charge in [0.25, 0.3) is 0 Å². The molecule has 16 heavy (non-hydrogen) atoms. The summed E-state index contributed by atoms with van der Waals surface area (Å²) in [5.41, 5.74) is 0.692. The summed E-state index contributed by atoms with van der Waals surface area (Å²) in [4.78, 5) is 0. The quantitative estimate of drug-likeness (QED) is 0.823. The van der Waals surface area contributed by atoms with Crippen LogP contribution in [0.3, 0.4) is 0 Å². The van der Waals surface area contributed by atoms with Crippen molar-refractivity contribution < 1.29 is 18.3 Å². The van der Waals surface area contributed by atoms with Crippen LogP contribution in [0.25, 0.3) is 0 Å². The van der Waals surface area contributed by atoms with E-state index in [9.17, 15) is 8.78 Å². The van der Waals surface area contributed by atoms with Crippen molar-refractivity contribution in [1.29, 1.82) is 0 Å². The van der Waals surface area contributed by atoms with Crippen LogP contribution in [0.4, 0.5) is 8.78 Å². The molecule has 6 heteroatoms. The lowest BCUT2D eigenvalue weighted by Crippen LogP contribution is -2.13. The van der Waals surface area contributed by atoms with E-state index in [2.05, 4.69) is 17.4 Å². The molecule has 0 saturated carbocycles. The predicted octanol–water partition coefficient (Wildman–Crippen LogP) is 3.69. The highest BCUT2D eigenvalue weighted by atomic mass is 35.5. The van der Waals surface area contributed by atoms with E-state index >= 15 is 0 Å². The second-order valence-corrected chi connectivity index (χ2v) is 4.41. The van der Waals surface area contributed by atoms with E-state index in [4.69, 9.17) is 16.3 Å². The average molecular weight is 267 g/mol. The number of hydrogen-bond acceptors (Lipinski definition) is 3. The van der Waals surface area contributed by atoms with Gasteiger partial charge in [0, 0.05) is 21.9 Å². The number of ether oxygens (including phenoxy) is 2. The summed E-state index contributed by atoms with van der Waals surface area (Å²) in [7, 11) is 0. The Bertz CT molecular complexity index is 401. The minimum absolute atomic E-state index is 0.0312. The molecule has 1 aliphatic rings. The Morgan fingerprint density at radius 1 is 1.50 bits per heavy atom. The van der Waals surface area contributed by atoms with Crippen LogP contribution in [-0.4, -0.2) is 13.2 Å². The third-order valence-corrected chi connectivity index (χ3v) is 3.02. The zero-order valence-corrected chi connectivity index (χ0v) is 9.77. The van der Waals surface area contributed by atoms with Crippen molar-refractivity contribution in [2.75, 3.05) is 6.61 Å². The molecule has 0 N–H and O–H groups in total. The minimum Gasteiger partial charge on any atom is -0.489 e. The molecule has 1 aromatic carbocycles. The van der Waals surface area contributed by atoms with Crippen LogP contribution in [0.15, 0.2) is 12.1 Å². The van der Waals surface area contributed by atoms with E-state index in [1.807, 2.05) is 0 Å². The van der Waals surface area contributed by atoms with E-state index < -0.39 is 6.61 Å². The number of halogens is 3. The minimum atomic E-state index is -2.90. The Balaban J connectivity index is 2.44. The third-order valence-electron chi connectivity index (χ3n) is 2.26. The van der Waals surface area contributed by atoms with Crippen LogP contribution in [-0.2, 0) is 0 Å². The van der Waals surface area contributed by atoms with Crippen molar-refractivity contribution in [3.63, 3.8) is 0 Å². The van der Waals surface area contributed by atoms with Gasteiger partial charge in [-0.05, 0) is 12.5 Å². The van der Waals surface area contributed by atoms with E-state index in [-0.39, 0.29) is 11.0 Å². The zero-order chi connectivity index (χ0) is 11.7. The van der Waals surface area contributed by atoms with Gasteiger partial charge >= 0.3 is 6.61 Å². The van der Waals surface area contributed by atoms with Gasteiger partial charge in [-0.3, -0.25) is 0 Å². The summed E-state index contributed by atoms with van der Waals surface area (Å²) < 4.78 is 34.0. The number of hydrogen-bond donors (Lipinski definition) is 1. The molecule has 0 bridgehead atoms. The lowest BCUT2D eigenvalue weighted by molar-refractivity contribution is -0.0517. The molecule has 0 aliphatic carbocycles. The summed E-state index contributed by atoms with van der Waals surface area (Å²) in [6.07, 6.45) is 0.713. The van der Waals surface area contributed by atoms with E-state index in [1.54, 1.807) is 6.07 Å².